The molecule has 3 rings (SSSR count). The Labute approximate surface area is 139 Å². The van der Waals surface area contributed by atoms with E-state index in [-0.39, 0.29) is 5.91 Å². The standard InChI is InChI=1S/C18H17N3OS/c1-12-3-6-17(20-11-12)21-18(22)10-15-4-5-16(23-15)14-7-8-19-13(2)9-14/h3-9,11H,10H2,1-2H3,(H,20,21,22). The third-order valence-electron chi connectivity index (χ3n) is 3.36. The van der Waals surface area contributed by atoms with Gasteiger partial charge >= 0.3 is 0 Å². The first-order valence-electron chi connectivity index (χ1n) is 7.34. The van der Waals surface area contributed by atoms with E-state index < -0.39 is 0 Å². The lowest BCUT2D eigenvalue weighted by Gasteiger charge is -2.03. The zero-order valence-electron chi connectivity index (χ0n) is 13.0. The number of nitrogens with one attached hydrogen (secondary N) is 1. The van der Waals surface area contributed by atoms with Crippen molar-refractivity contribution in [1.82, 2.24) is 9.97 Å². The molecular formula is C18H17N3OS. The Morgan fingerprint density at radius 2 is 2.00 bits per heavy atom. The molecule has 3 aromatic rings. The van der Waals surface area contributed by atoms with Gasteiger partial charge in [0, 0.05) is 27.8 Å². The molecule has 0 aliphatic carbocycles. The van der Waals surface area contributed by atoms with Gasteiger partial charge in [-0.25, -0.2) is 4.98 Å². The highest BCUT2D eigenvalue weighted by Gasteiger charge is 2.09. The molecule has 0 unspecified atom stereocenters. The van der Waals surface area contributed by atoms with Crippen LogP contribution in [0.1, 0.15) is 16.1 Å². The summed E-state index contributed by atoms with van der Waals surface area (Å²) in [7, 11) is 0. The van der Waals surface area contributed by atoms with Crippen molar-refractivity contribution < 1.29 is 4.79 Å². The summed E-state index contributed by atoms with van der Waals surface area (Å²) in [5.41, 5.74) is 3.19. The fourth-order valence-corrected chi connectivity index (χ4v) is 3.22. The number of thiophene rings is 1. The molecule has 0 bridgehead atoms. The van der Waals surface area contributed by atoms with Crippen molar-refractivity contribution >= 4 is 23.1 Å². The lowest BCUT2D eigenvalue weighted by atomic mass is 10.2. The Balaban J connectivity index is 1.66. The molecule has 4 nitrogen and oxygen atoms in total. The van der Waals surface area contributed by atoms with E-state index in [1.807, 2.05) is 50.2 Å². The fraction of sp³-hybridized carbons (Fsp3) is 0.167. The average molecular weight is 323 g/mol. The van der Waals surface area contributed by atoms with Crippen molar-refractivity contribution in [3.05, 3.63) is 64.9 Å². The molecule has 0 radical (unpaired) electrons. The van der Waals surface area contributed by atoms with E-state index in [1.54, 1.807) is 23.7 Å². The third-order valence-corrected chi connectivity index (χ3v) is 4.49. The summed E-state index contributed by atoms with van der Waals surface area (Å²) in [4.78, 5) is 22.7. The van der Waals surface area contributed by atoms with Gasteiger partial charge in [-0.15, -0.1) is 11.3 Å². The van der Waals surface area contributed by atoms with Gasteiger partial charge in [-0.2, -0.15) is 0 Å². The molecule has 3 aromatic heterocycles. The summed E-state index contributed by atoms with van der Waals surface area (Å²) in [6, 6.07) is 11.8. The van der Waals surface area contributed by atoms with Crippen molar-refractivity contribution in [2.75, 3.05) is 5.32 Å². The van der Waals surface area contributed by atoms with Crippen molar-refractivity contribution in [3.8, 4) is 10.4 Å². The van der Waals surface area contributed by atoms with Crippen LogP contribution < -0.4 is 5.32 Å². The van der Waals surface area contributed by atoms with E-state index in [0.29, 0.717) is 12.2 Å². The summed E-state index contributed by atoms with van der Waals surface area (Å²) >= 11 is 1.63. The van der Waals surface area contributed by atoms with Crippen LogP contribution in [-0.2, 0) is 11.2 Å². The lowest BCUT2D eigenvalue weighted by Crippen LogP contribution is -2.14. The van der Waals surface area contributed by atoms with Gasteiger partial charge in [0.1, 0.15) is 5.82 Å². The highest BCUT2D eigenvalue weighted by molar-refractivity contribution is 7.15. The number of pyridine rings is 2. The van der Waals surface area contributed by atoms with Crippen LogP contribution in [0.15, 0.2) is 48.8 Å². The van der Waals surface area contributed by atoms with E-state index in [9.17, 15) is 4.79 Å². The lowest BCUT2D eigenvalue weighted by molar-refractivity contribution is -0.115. The van der Waals surface area contributed by atoms with Gasteiger partial charge in [0.25, 0.3) is 0 Å². The van der Waals surface area contributed by atoms with Gasteiger partial charge in [0.05, 0.1) is 6.42 Å². The Bertz CT molecular complexity index is 824. The summed E-state index contributed by atoms with van der Waals surface area (Å²) in [6.45, 7) is 3.94. The zero-order chi connectivity index (χ0) is 16.2. The number of aryl methyl sites for hydroxylation is 2. The van der Waals surface area contributed by atoms with Gasteiger partial charge in [0.15, 0.2) is 0 Å². The van der Waals surface area contributed by atoms with Crippen molar-refractivity contribution in [2.45, 2.75) is 20.3 Å². The van der Waals surface area contributed by atoms with Gasteiger partial charge in [-0.3, -0.25) is 9.78 Å². The SMILES string of the molecule is Cc1ccc(NC(=O)Cc2ccc(-c3ccnc(C)c3)s2)nc1. The number of amides is 1. The molecular weight excluding hydrogens is 306 g/mol. The van der Waals surface area contributed by atoms with Crippen LogP contribution >= 0.6 is 11.3 Å². The maximum Gasteiger partial charge on any atom is 0.230 e. The Morgan fingerprint density at radius 3 is 2.74 bits per heavy atom. The number of hydrogen-bond acceptors (Lipinski definition) is 4. The topological polar surface area (TPSA) is 54.9 Å². The van der Waals surface area contributed by atoms with Crippen molar-refractivity contribution in [2.24, 2.45) is 0 Å². The largest absolute Gasteiger partial charge is 0.310 e. The second-order valence-electron chi connectivity index (χ2n) is 5.40. The minimum atomic E-state index is -0.0549. The van der Waals surface area contributed by atoms with Gasteiger partial charge in [-0.05, 0) is 55.3 Å². The smallest absolute Gasteiger partial charge is 0.230 e. The van der Waals surface area contributed by atoms with Gasteiger partial charge in [-0.1, -0.05) is 6.07 Å². The molecule has 1 N–H and O–H groups in total. The Hall–Kier alpha value is -2.53. The molecule has 23 heavy (non-hydrogen) atoms. The molecule has 0 aliphatic rings. The molecule has 0 spiro atoms. The predicted octanol–water partition coefficient (Wildman–Crippen LogP) is 4.00. The van der Waals surface area contributed by atoms with Crippen LogP contribution in [0.25, 0.3) is 10.4 Å². The summed E-state index contributed by atoms with van der Waals surface area (Å²) in [5.74, 6) is 0.530. The minimum Gasteiger partial charge on any atom is -0.310 e. The van der Waals surface area contributed by atoms with Crippen molar-refractivity contribution in [3.63, 3.8) is 0 Å². The molecule has 5 heteroatoms. The second kappa shape index (κ2) is 6.71. The normalized spacial score (nSPS) is 10.5. The summed E-state index contributed by atoms with van der Waals surface area (Å²) in [5, 5.41) is 2.82. The highest BCUT2D eigenvalue weighted by Crippen LogP contribution is 2.28. The van der Waals surface area contributed by atoms with Crippen LogP contribution in [0.3, 0.4) is 0 Å². The second-order valence-corrected chi connectivity index (χ2v) is 6.57. The third kappa shape index (κ3) is 4.02. The van der Waals surface area contributed by atoms with Gasteiger partial charge < -0.3 is 5.32 Å². The number of carbonyl (C=O) groups is 1. The molecule has 116 valence electrons. The Morgan fingerprint density at radius 1 is 1.13 bits per heavy atom. The van der Waals surface area contributed by atoms with E-state index >= 15 is 0 Å². The van der Waals surface area contributed by atoms with E-state index in [0.717, 1.165) is 26.6 Å². The van der Waals surface area contributed by atoms with Crippen LogP contribution in [-0.4, -0.2) is 15.9 Å². The first kappa shape index (κ1) is 15.4. The molecule has 0 atom stereocenters. The predicted molar refractivity (Wildman–Crippen MR) is 93.6 cm³/mol. The van der Waals surface area contributed by atoms with Crippen LogP contribution in [0.4, 0.5) is 5.82 Å². The molecule has 3 heterocycles. The molecule has 0 saturated heterocycles. The summed E-state index contributed by atoms with van der Waals surface area (Å²) in [6.07, 6.45) is 3.90. The number of carbonyl (C=O) groups excluding carboxylic acids is 1. The first-order valence-corrected chi connectivity index (χ1v) is 8.16. The Kier molecular flexibility index (Phi) is 4.48. The zero-order valence-corrected chi connectivity index (χ0v) is 13.9. The number of hydrogen-bond donors (Lipinski definition) is 1. The maximum absolute atomic E-state index is 12.1. The van der Waals surface area contributed by atoms with Crippen LogP contribution in [0, 0.1) is 13.8 Å². The van der Waals surface area contributed by atoms with Crippen LogP contribution in [0.2, 0.25) is 0 Å². The molecule has 0 saturated carbocycles. The molecule has 0 fully saturated rings. The average Bonchev–Trinajstić information content (AvgIpc) is 2.98. The van der Waals surface area contributed by atoms with Gasteiger partial charge in [0.2, 0.25) is 5.91 Å². The van der Waals surface area contributed by atoms with E-state index in [4.69, 9.17) is 0 Å². The fourth-order valence-electron chi connectivity index (χ4n) is 2.21. The number of nitrogens with zero attached hydrogens (tertiary/aromatic N) is 2. The van der Waals surface area contributed by atoms with E-state index in [2.05, 4.69) is 15.3 Å². The van der Waals surface area contributed by atoms with Crippen molar-refractivity contribution in [1.29, 1.82) is 0 Å². The quantitative estimate of drug-likeness (QED) is 0.789. The number of rotatable bonds is 4. The molecule has 0 aliphatic heterocycles. The minimum absolute atomic E-state index is 0.0549. The van der Waals surface area contributed by atoms with Crippen LogP contribution in [0.5, 0.6) is 0 Å². The number of aromatic nitrogens is 2. The van der Waals surface area contributed by atoms with E-state index in [1.165, 1.54) is 0 Å². The maximum atomic E-state index is 12.1. The molecule has 0 aromatic carbocycles. The molecule has 1 amide bonds. The number of anilines is 1. The first-order chi connectivity index (χ1) is 11.1. The monoisotopic (exact) mass is 323 g/mol. The summed E-state index contributed by atoms with van der Waals surface area (Å²) < 4.78 is 0. The highest BCUT2D eigenvalue weighted by atomic mass is 32.1.